The Labute approximate surface area is 83.7 Å². The lowest BCUT2D eigenvalue weighted by Gasteiger charge is -2.22. The number of carbonyl (C=O) groups is 1. The van der Waals surface area contributed by atoms with Crippen molar-refractivity contribution in [1.29, 1.82) is 0 Å². The van der Waals surface area contributed by atoms with Gasteiger partial charge in [-0.05, 0) is 0 Å². The van der Waals surface area contributed by atoms with Crippen molar-refractivity contribution >= 4 is 18.2 Å². The van der Waals surface area contributed by atoms with Crippen LogP contribution in [0, 0.1) is 0 Å². The van der Waals surface area contributed by atoms with E-state index in [1.165, 1.54) is 0 Å². The SMILES string of the molecule is O=C1CCP(=O)(c2ccccc2)CC1. The molecule has 1 aromatic carbocycles. The molecule has 1 fully saturated rings. The molecule has 2 rings (SSSR count). The number of rotatable bonds is 1. The maximum absolute atomic E-state index is 12.4. The van der Waals surface area contributed by atoms with Gasteiger partial charge in [0.25, 0.3) is 0 Å². The summed E-state index contributed by atoms with van der Waals surface area (Å²) >= 11 is 0. The third-order valence-electron chi connectivity index (χ3n) is 2.73. The number of benzene rings is 1. The van der Waals surface area contributed by atoms with E-state index >= 15 is 0 Å². The maximum Gasteiger partial charge on any atom is 0.133 e. The van der Waals surface area contributed by atoms with Crippen LogP contribution in [0.3, 0.4) is 0 Å². The summed E-state index contributed by atoms with van der Waals surface area (Å²) in [6.07, 6.45) is 2.12. The van der Waals surface area contributed by atoms with Crippen LogP contribution in [0.25, 0.3) is 0 Å². The Kier molecular flexibility index (Phi) is 2.56. The van der Waals surface area contributed by atoms with Crippen LogP contribution in [0.1, 0.15) is 12.8 Å². The van der Waals surface area contributed by atoms with Gasteiger partial charge in [0.15, 0.2) is 0 Å². The Morgan fingerprint density at radius 1 is 1.00 bits per heavy atom. The molecule has 14 heavy (non-hydrogen) atoms. The minimum atomic E-state index is -2.22. The molecule has 0 aliphatic carbocycles. The van der Waals surface area contributed by atoms with Crippen molar-refractivity contribution in [2.75, 3.05) is 12.3 Å². The second kappa shape index (κ2) is 3.70. The van der Waals surface area contributed by atoms with E-state index in [4.69, 9.17) is 0 Å². The molecule has 1 aliphatic rings. The fraction of sp³-hybridized carbons (Fsp3) is 0.364. The van der Waals surface area contributed by atoms with Gasteiger partial charge in [-0.15, -0.1) is 0 Å². The zero-order valence-corrected chi connectivity index (χ0v) is 8.87. The first-order chi connectivity index (χ1) is 6.71. The second-order valence-electron chi connectivity index (χ2n) is 3.71. The van der Waals surface area contributed by atoms with Crippen LogP contribution in [0.4, 0.5) is 0 Å². The van der Waals surface area contributed by atoms with Gasteiger partial charge in [0.05, 0.1) is 0 Å². The van der Waals surface area contributed by atoms with Gasteiger partial charge in [0, 0.05) is 30.5 Å². The van der Waals surface area contributed by atoms with Crippen LogP contribution in [0.2, 0.25) is 0 Å². The van der Waals surface area contributed by atoms with E-state index in [1.807, 2.05) is 30.3 Å². The molecule has 0 unspecified atom stereocenters. The van der Waals surface area contributed by atoms with Gasteiger partial charge in [0.1, 0.15) is 12.9 Å². The summed E-state index contributed by atoms with van der Waals surface area (Å²) in [5.74, 6) is 0.257. The van der Waals surface area contributed by atoms with E-state index < -0.39 is 7.14 Å². The Morgan fingerprint density at radius 2 is 1.57 bits per heavy atom. The fourth-order valence-electron chi connectivity index (χ4n) is 1.81. The van der Waals surface area contributed by atoms with Crippen molar-refractivity contribution in [3.05, 3.63) is 30.3 Å². The van der Waals surface area contributed by atoms with Crippen LogP contribution in [0.5, 0.6) is 0 Å². The van der Waals surface area contributed by atoms with Crippen molar-refractivity contribution in [1.82, 2.24) is 0 Å². The third-order valence-corrected chi connectivity index (χ3v) is 5.86. The molecule has 1 aliphatic heterocycles. The molecule has 0 spiro atoms. The zero-order chi connectivity index (χ0) is 10.0. The zero-order valence-electron chi connectivity index (χ0n) is 7.98. The first-order valence-corrected chi connectivity index (χ1v) is 6.94. The molecular formula is C11H13O2P. The largest absolute Gasteiger partial charge is 0.319 e. The van der Waals surface area contributed by atoms with E-state index in [-0.39, 0.29) is 5.78 Å². The van der Waals surface area contributed by atoms with Gasteiger partial charge < -0.3 is 4.57 Å². The molecule has 1 saturated heterocycles. The molecule has 0 radical (unpaired) electrons. The molecular weight excluding hydrogens is 195 g/mol. The van der Waals surface area contributed by atoms with Gasteiger partial charge in [-0.25, -0.2) is 0 Å². The molecule has 0 amide bonds. The Morgan fingerprint density at radius 3 is 2.14 bits per heavy atom. The fourth-order valence-corrected chi connectivity index (χ4v) is 4.48. The molecule has 3 heteroatoms. The molecule has 1 heterocycles. The summed E-state index contributed by atoms with van der Waals surface area (Å²) in [5.41, 5.74) is 0. The van der Waals surface area contributed by atoms with E-state index in [1.54, 1.807) is 0 Å². The van der Waals surface area contributed by atoms with Gasteiger partial charge in [0.2, 0.25) is 0 Å². The lowest BCUT2D eigenvalue weighted by atomic mass is 10.2. The standard InChI is InChI=1S/C11H13O2P/c12-10-6-8-14(13,9-7-10)11-4-2-1-3-5-11/h1-5H,6-9H2. The first kappa shape index (κ1) is 9.67. The summed E-state index contributed by atoms with van der Waals surface area (Å²) in [7, 11) is -2.22. The van der Waals surface area contributed by atoms with Crippen LogP contribution >= 0.6 is 7.14 Å². The summed E-state index contributed by atoms with van der Waals surface area (Å²) in [5, 5.41) is 0.938. The number of ketones is 1. The topological polar surface area (TPSA) is 34.1 Å². The minimum absolute atomic E-state index is 0.257. The number of Topliss-reactive ketones (excluding diaryl/α,β-unsaturated/α-hetero) is 1. The van der Waals surface area contributed by atoms with E-state index in [9.17, 15) is 9.36 Å². The van der Waals surface area contributed by atoms with Crippen LogP contribution in [-0.4, -0.2) is 18.1 Å². The Hall–Kier alpha value is -0.880. The molecule has 1 aromatic rings. The van der Waals surface area contributed by atoms with Crippen molar-refractivity contribution in [3.8, 4) is 0 Å². The van der Waals surface area contributed by atoms with Crippen molar-refractivity contribution in [2.45, 2.75) is 12.8 Å². The second-order valence-corrected chi connectivity index (χ2v) is 6.90. The van der Waals surface area contributed by atoms with Gasteiger partial charge in [-0.2, -0.15) is 0 Å². The normalized spacial score (nSPS) is 20.7. The number of hydrogen-bond acceptors (Lipinski definition) is 2. The summed E-state index contributed by atoms with van der Waals surface area (Å²) in [6, 6.07) is 9.56. The van der Waals surface area contributed by atoms with Gasteiger partial charge in [-0.1, -0.05) is 30.3 Å². The van der Waals surface area contributed by atoms with E-state index in [0.29, 0.717) is 25.2 Å². The van der Waals surface area contributed by atoms with Crippen molar-refractivity contribution in [2.24, 2.45) is 0 Å². The molecule has 0 bridgehead atoms. The monoisotopic (exact) mass is 208 g/mol. The predicted octanol–water partition coefficient (Wildman–Crippen LogP) is 2.04. The van der Waals surface area contributed by atoms with Gasteiger partial charge in [-0.3, -0.25) is 4.79 Å². The minimum Gasteiger partial charge on any atom is -0.319 e. The smallest absolute Gasteiger partial charge is 0.133 e. The highest BCUT2D eigenvalue weighted by Crippen LogP contribution is 2.48. The average molecular weight is 208 g/mol. The maximum atomic E-state index is 12.4. The lowest BCUT2D eigenvalue weighted by Crippen LogP contribution is -2.19. The van der Waals surface area contributed by atoms with Crippen LogP contribution in [0.15, 0.2) is 30.3 Å². The molecule has 74 valence electrons. The van der Waals surface area contributed by atoms with Crippen LogP contribution in [-0.2, 0) is 9.36 Å². The molecule has 0 atom stereocenters. The third kappa shape index (κ3) is 1.80. The highest BCUT2D eigenvalue weighted by molar-refractivity contribution is 7.71. The summed E-state index contributed by atoms with van der Waals surface area (Å²) in [6.45, 7) is 0. The molecule has 0 aromatic heterocycles. The molecule has 0 N–H and O–H groups in total. The lowest BCUT2D eigenvalue weighted by molar-refractivity contribution is -0.118. The van der Waals surface area contributed by atoms with E-state index in [0.717, 1.165) is 5.30 Å². The molecule has 2 nitrogen and oxygen atoms in total. The number of carbonyl (C=O) groups excluding carboxylic acids is 1. The first-order valence-electron chi connectivity index (χ1n) is 4.86. The Balaban J connectivity index is 2.26. The molecule has 0 saturated carbocycles. The van der Waals surface area contributed by atoms with Crippen molar-refractivity contribution in [3.63, 3.8) is 0 Å². The Bertz CT molecular complexity index is 370. The highest BCUT2D eigenvalue weighted by atomic mass is 31.2. The summed E-state index contributed by atoms with van der Waals surface area (Å²) in [4.78, 5) is 11.1. The van der Waals surface area contributed by atoms with E-state index in [2.05, 4.69) is 0 Å². The predicted molar refractivity (Wildman–Crippen MR) is 57.7 cm³/mol. The summed E-state index contributed by atoms with van der Waals surface area (Å²) < 4.78 is 12.4. The van der Waals surface area contributed by atoms with Crippen molar-refractivity contribution < 1.29 is 9.36 Å². The van der Waals surface area contributed by atoms with Gasteiger partial charge >= 0.3 is 0 Å². The number of hydrogen-bond donors (Lipinski definition) is 0. The highest BCUT2D eigenvalue weighted by Gasteiger charge is 2.29. The quantitative estimate of drug-likeness (QED) is 0.662. The van der Waals surface area contributed by atoms with Crippen LogP contribution < -0.4 is 5.30 Å². The average Bonchev–Trinajstić information content (AvgIpc) is 2.24.